The third kappa shape index (κ3) is 4.47. The fourth-order valence-corrected chi connectivity index (χ4v) is 5.10. The highest BCUT2D eigenvalue weighted by Crippen LogP contribution is 2.49. The van der Waals surface area contributed by atoms with Crippen LogP contribution in [0.1, 0.15) is 29.3 Å². The van der Waals surface area contributed by atoms with E-state index in [1.165, 1.54) is 12.0 Å². The number of carbonyl (C=O) groups excluding carboxylic acids is 1. The van der Waals surface area contributed by atoms with Crippen LogP contribution in [0.2, 0.25) is 0 Å². The second-order valence-electron chi connectivity index (χ2n) is 8.40. The molecule has 0 unspecified atom stereocenters. The molecule has 0 amide bonds. The topological polar surface area (TPSA) is 71.8 Å². The van der Waals surface area contributed by atoms with E-state index in [9.17, 15) is 27.9 Å². The maximum Gasteiger partial charge on any atom is 0.390 e. The summed E-state index contributed by atoms with van der Waals surface area (Å²) < 4.78 is 45.5. The van der Waals surface area contributed by atoms with Gasteiger partial charge in [0.2, 0.25) is 0 Å². The molecule has 1 aromatic carbocycles. The summed E-state index contributed by atoms with van der Waals surface area (Å²) in [6.45, 7) is -0.606. The molecule has 0 aliphatic carbocycles. The lowest BCUT2D eigenvalue weighted by molar-refractivity contribution is -0.154. The lowest BCUT2D eigenvalue weighted by atomic mass is 9.88. The zero-order valence-electron chi connectivity index (χ0n) is 18.0. The van der Waals surface area contributed by atoms with Crippen LogP contribution >= 0.6 is 0 Å². The maximum atomic E-state index is 13.2. The fourth-order valence-electron chi connectivity index (χ4n) is 5.10. The Bertz CT molecular complexity index is 1100. The van der Waals surface area contributed by atoms with Gasteiger partial charge in [0.1, 0.15) is 6.04 Å². The van der Waals surface area contributed by atoms with Crippen LogP contribution in [0.25, 0.3) is 12.2 Å². The van der Waals surface area contributed by atoms with Crippen LogP contribution in [-0.2, 0) is 16.1 Å². The minimum Gasteiger partial charge on any atom is -0.468 e. The zero-order chi connectivity index (χ0) is 23.8. The van der Waals surface area contributed by atoms with E-state index in [2.05, 4.69) is 0 Å². The molecular formula is C24H25F3N2O4. The van der Waals surface area contributed by atoms with Crippen molar-refractivity contribution in [3.63, 3.8) is 0 Å². The molecule has 1 fully saturated rings. The van der Waals surface area contributed by atoms with E-state index >= 15 is 0 Å². The molecule has 2 aliphatic heterocycles. The zero-order valence-corrected chi connectivity index (χ0v) is 18.0. The van der Waals surface area contributed by atoms with Crippen LogP contribution in [0.4, 0.5) is 13.2 Å². The molecule has 0 saturated carbocycles. The van der Waals surface area contributed by atoms with E-state index in [-0.39, 0.29) is 18.0 Å². The number of hydrogen-bond donors (Lipinski definition) is 1. The van der Waals surface area contributed by atoms with Crippen molar-refractivity contribution in [2.75, 3.05) is 20.3 Å². The van der Waals surface area contributed by atoms with Crippen molar-refractivity contribution in [1.29, 1.82) is 0 Å². The van der Waals surface area contributed by atoms with Crippen LogP contribution < -0.4 is 5.56 Å². The minimum absolute atomic E-state index is 0.215. The first-order valence-corrected chi connectivity index (χ1v) is 10.7. The van der Waals surface area contributed by atoms with E-state index in [0.29, 0.717) is 11.3 Å². The third-order valence-electron chi connectivity index (χ3n) is 6.57. The number of aromatic nitrogens is 1. The Morgan fingerprint density at radius 3 is 2.55 bits per heavy atom. The Kier molecular flexibility index (Phi) is 6.45. The number of nitrogens with zero attached hydrogens (tertiary/aromatic N) is 2. The SMILES string of the molecule is COC(=O)[C@H]1[C@H](CO)[C@H]2Cn3c(ccc(/C=C/c4ccccc4)c3=O)[C@H]2N1CCC(F)(F)F. The molecule has 4 atom stereocenters. The number of fused-ring (bicyclic) bond motifs is 3. The summed E-state index contributed by atoms with van der Waals surface area (Å²) in [4.78, 5) is 27.1. The summed E-state index contributed by atoms with van der Waals surface area (Å²) in [5.41, 5.74) is 1.68. The number of ether oxygens (including phenoxy) is 1. The van der Waals surface area contributed by atoms with Gasteiger partial charge in [-0.2, -0.15) is 13.2 Å². The number of benzene rings is 1. The summed E-state index contributed by atoms with van der Waals surface area (Å²) in [6, 6.07) is 11.3. The molecule has 0 radical (unpaired) electrons. The summed E-state index contributed by atoms with van der Waals surface area (Å²) >= 11 is 0. The Morgan fingerprint density at radius 1 is 1.18 bits per heavy atom. The normalized spacial score (nSPS) is 24.8. The minimum atomic E-state index is -4.40. The van der Waals surface area contributed by atoms with Gasteiger partial charge in [0.05, 0.1) is 19.6 Å². The lowest BCUT2D eigenvalue weighted by Gasteiger charge is -2.30. The van der Waals surface area contributed by atoms with Gasteiger partial charge >= 0.3 is 12.1 Å². The Morgan fingerprint density at radius 2 is 1.91 bits per heavy atom. The molecule has 2 aliphatic rings. The highest BCUT2D eigenvalue weighted by atomic mass is 19.4. The highest BCUT2D eigenvalue weighted by molar-refractivity contribution is 5.77. The number of rotatable bonds is 6. The van der Waals surface area contributed by atoms with Crippen molar-refractivity contribution in [1.82, 2.24) is 9.47 Å². The molecule has 1 N–H and O–H groups in total. The van der Waals surface area contributed by atoms with Gasteiger partial charge in [0.25, 0.3) is 5.56 Å². The third-order valence-corrected chi connectivity index (χ3v) is 6.57. The average Bonchev–Trinajstić information content (AvgIpc) is 3.32. The number of likely N-dealkylation sites (tertiary alicyclic amines) is 1. The molecule has 9 heteroatoms. The Balaban J connectivity index is 1.70. The predicted molar refractivity (Wildman–Crippen MR) is 116 cm³/mol. The largest absolute Gasteiger partial charge is 0.468 e. The Hall–Kier alpha value is -2.91. The van der Waals surface area contributed by atoms with Crippen molar-refractivity contribution in [2.45, 2.75) is 31.2 Å². The number of aliphatic hydroxyl groups excluding tert-OH is 1. The molecule has 0 bridgehead atoms. The van der Waals surface area contributed by atoms with Crippen LogP contribution in [0.15, 0.2) is 47.3 Å². The molecule has 4 rings (SSSR count). The van der Waals surface area contributed by atoms with Crippen LogP contribution in [0.3, 0.4) is 0 Å². The van der Waals surface area contributed by atoms with E-state index < -0.39 is 49.7 Å². The first kappa shape index (κ1) is 23.3. The molecule has 0 spiro atoms. The van der Waals surface area contributed by atoms with Crippen molar-refractivity contribution in [3.8, 4) is 0 Å². The van der Waals surface area contributed by atoms with Gasteiger partial charge in [-0.05, 0) is 23.8 Å². The molecule has 6 nitrogen and oxygen atoms in total. The summed E-state index contributed by atoms with van der Waals surface area (Å²) in [5, 5.41) is 10.0. The number of esters is 1. The van der Waals surface area contributed by atoms with Crippen LogP contribution in [0, 0.1) is 11.8 Å². The van der Waals surface area contributed by atoms with Gasteiger partial charge in [0.15, 0.2) is 0 Å². The number of alkyl halides is 3. The van der Waals surface area contributed by atoms with E-state index in [1.807, 2.05) is 36.4 Å². The van der Waals surface area contributed by atoms with Crippen molar-refractivity contribution in [3.05, 3.63) is 69.6 Å². The quantitative estimate of drug-likeness (QED) is 0.668. The molecule has 3 heterocycles. The van der Waals surface area contributed by atoms with Crippen molar-refractivity contribution < 1.29 is 27.8 Å². The van der Waals surface area contributed by atoms with Gasteiger partial charge in [-0.25, -0.2) is 0 Å². The highest BCUT2D eigenvalue weighted by Gasteiger charge is 2.56. The van der Waals surface area contributed by atoms with E-state index in [0.717, 1.165) is 5.56 Å². The first-order valence-electron chi connectivity index (χ1n) is 10.7. The number of carbonyl (C=O) groups is 1. The van der Waals surface area contributed by atoms with Gasteiger partial charge in [0, 0.05) is 42.8 Å². The maximum absolute atomic E-state index is 13.2. The number of methoxy groups -OCH3 is 1. The van der Waals surface area contributed by atoms with E-state index in [1.54, 1.807) is 22.8 Å². The fraction of sp³-hybridized carbons (Fsp3) is 0.417. The molecule has 33 heavy (non-hydrogen) atoms. The molecule has 1 aromatic heterocycles. The second kappa shape index (κ2) is 9.15. The summed E-state index contributed by atoms with van der Waals surface area (Å²) in [5.74, 6) is -1.70. The number of halogens is 3. The number of hydrogen-bond acceptors (Lipinski definition) is 5. The predicted octanol–water partition coefficient (Wildman–Crippen LogP) is 3.11. The molecule has 1 saturated heterocycles. The van der Waals surface area contributed by atoms with Crippen LogP contribution in [-0.4, -0.2) is 53.0 Å². The molecule has 176 valence electrons. The lowest BCUT2D eigenvalue weighted by Crippen LogP contribution is -2.44. The number of pyridine rings is 1. The van der Waals surface area contributed by atoms with Crippen molar-refractivity contribution >= 4 is 18.1 Å². The summed E-state index contributed by atoms with van der Waals surface area (Å²) in [7, 11) is 1.18. The smallest absolute Gasteiger partial charge is 0.390 e. The van der Waals surface area contributed by atoms with Crippen LogP contribution in [0.5, 0.6) is 0 Å². The average molecular weight is 462 g/mol. The van der Waals surface area contributed by atoms with Gasteiger partial charge < -0.3 is 14.4 Å². The van der Waals surface area contributed by atoms with E-state index in [4.69, 9.17) is 4.74 Å². The molecule has 2 aromatic rings. The van der Waals surface area contributed by atoms with Gasteiger partial charge in [-0.1, -0.05) is 36.4 Å². The number of aliphatic hydroxyl groups is 1. The summed E-state index contributed by atoms with van der Waals surface area (Å²) in [6.07, 6.45) is -1.98. The van der Waals surface area contributed by atoms with Crippen molar-refractivity contribution in [2.24, 2.45) is 11.8 Å². The molecular weight excluding hydrogens is 437 g/mol. The Labute approximate surface area is 188 Å². The van der Waals surface area contributed by atoms with Gasteiger partial charge in [-0.3, -0.25) is 14.5 Å². The van der Waals surface area contributed by atoms with Gasteiger partial charge in [-0.15, -0.1) is 0 Å². The second-order valence-corrected chi connectivity index (χ2v) is 8.40. The monoisotopic (exact) mass is 462 g/mol. The first-order chi connectivity index (χ1) is 15.7. The standard InChI is InChI=1S/C24H25F3N2O4/c1-33-23(32)21-18(14-30)17-13-29-19(20(17)28(21)12-11-24(25,26)27)10-9-16(22(29)31)8-7-15-5-3-2-4-6-15/h2-10,17-18,20-21,30H,11-14H2,1H3/b8-7+/t17-,18-,20+,21-/m1/s1.